The summed E-state index contributed by atoms with van der Waals surface area (Å²) in [5.41, 5.74) is 0. The van der Waals surface area contributed by atoms with Gasteiger partial charge in [-0.05, 0) is 17.9 Å². The number of hydrogen-bond acceptors (Lipinski definition) is 5. The normalized spacial score (nSPS) is 10.4. The minimum absolute atomic E-state index is 0.00312. The van der Waals surface area contributed by atoms with Crippen LogP contribution in [-0.4, -0.2) is 16.1 Å². The second kappa shape index (κ2) is 5.58. The van der Waals surface area contributed by atoms with Crippen LogP contribution in [0.1, 0.15) is 25.7 Å². The molecule has 0 saturated carbocycles. The maximum absolute atomic E-state index is 11.3. The molecule has 0 aliphatic rings. The summed E-state index contributed by atoms with van der Waals surface area (Å²) in [4.78, 5) is 12.2. The molecule has 0 bridgehead atoms. The van der Waals surface area contributed by atoms with Crippen LogP contribution in [0.2, 0.25) is 0 Å². The van der Waals surface area contributed by atoms with E-state index in [1.54, 1.807) is 0 Å². The van der Waals surface area contributed by atoms with Gasteiger partial charge in [-0.15, -0.1) is 21.5 Å². The lowest BCUT2D eigenvalue weighted by atomic mass is 10.3. The summed E-state index contributed by atoms with van der Waals surface area (Å²) in [5, 5.41) is 12.5. The number of thiophene rings is 1. The first kappa shape index (κ1) is 11.8. The van der Waals surface area contributed by atoms with Gasteiger partial charge in [0, 0.05) is 6.42 Å². The summed E-state index contributed by atoms with van der Waals surface area (Å²) < 4.78 is 5.43. The van der Waals surface area contributed by atoms with Gasteiger partial charge in [-0.3, -0.25) is 4.79 Å². The summed E-state index contributed by atoms with van der Waals surface area (Å²) in [5.74, 6) is 0.931. The van der Waals surface area contributed by atoms with Crippen LogP contribution < -0.4 is 5.32 Å². The van der Waals surface area contributed by atoms with Crippen LogP contribution in [0.25, 0.3) is 10.8 Å². The lowest BCUT2D eigenvalue weighted by Crippen LogP contribution is -2.22. The van der Waals surface area contributed by atoms with Crippen molar-refractivity contribution in [3.63, 3.8) is 0 Å². The SMILES string of the molecule is CCCC(=O)NCc1nnc(-c2cccs2)o1. The van der Waals surface area contributed by atoms with E-state index in [-0.39, 0.29) is 12.5 Å². The number of amides is 1. The molecule has 0 unspecified atom stereocenters. The first-order valence-electron chi connectivity index (χ1n) is 5.42. The molecule has 2 aromatic heterocycles. The third kappa shape index (κ3) is 3.13. The van der Waals surface area contributed by atoms with Crippen molar-refractivity contribution >= 4 is 17.2 Å². The van der Waals surface area contributed by atoms with Crippen LogP contribution in [-0.2, 0) is 11.3 Å². The molecule has 1 amide bonds. The quantitative estimate of drug-likeness (QED) is 0.884. The van der Waals surface area contributed by atoms with E-state index in [0.29, 0.717) is 18.2 Å². The summed E-state index contributed by atoms with van der Waals surface area (Å²) in [6, 6.07) is 3.84. The minimum atomic E-state index is 0.00312. The molecule has 0 radical (unpaired) electrons. The summed E-state index contributed by atoms with van der Waals surface area (Å²) in [7, 11) is 0. The first-order chi connectivity index (χ1) is 8.29. The molecule has 5 nitrogen and oxygen atoms in total. The zero-order chi connectivity index (χ0) is 12.1. The molecular weight excluding hydrogens is 238 g/mol. The van der Waals surface area contributed by atoms with E-state index in [1.165, 1.54) is 11.3 Å². The number of aromatic nitrogens is 2. The van der Waals surface area contributed by atoms with Gasteiger partial charge in [0.25, 0.3) is 5.89 Å². The molecule has 0 aromatic carbocycles. The van der Waals surface area contributed by atoms with Crippen molar-refractivity contribution < 1.29 is 9.21 Å². The van der Waals surface area contributed by atoms with Crippen LogP contribution in [0.4, 0.5) is 0 Å². The predicted octanol–water partition coefficient (Wildman–Crippen LogP) is 2.21. The van der Waals surface area contributed by atoms with Gasteiger partial charge in [-0.1, -0.05) is 13.0 Å². The minimum Gasteiger partial charge on any atom is -0.418 e. The van der Waals surface area contributed by atoms with Crippen molar-refractivity contribution in [2.45, 2.75) is 26.3 Å². The zero-order valence-corrected chi connectivity index (χ0v) is 10.3. The third-order valence-electron chi connectivity index (χ3n) is 2.11. The van der Waals surface area contributed by atoms with Gasteiger partial charge >= 0.3 is 0 Å². The van der Waals surface area contributed by atoms with Gasteiger partial charge in [0.15, 0.2) is 0 Å². The number of nitrogens with zero attached hydrogens (tertiary/aromatic N) is 2. The Morgan fingerprint density at radius 3 is 3.12 bits per heavy atom. The van der Waals surface area contributed by atoms with Gasteiger partial charge in [-0.25, -0.2) is 0 Å². The molecule has 6 heteroatoms. The van der Waals surface area contributed by atoms with E-state index in [4.69, 9.17) is 4.42 Å². The molecule has 0 spiro atoms. The van der Waals surface area contributed by atoms with Gasteiger partial charge in [-0.2, -0.15) is 0 Å². The predicted molar refractivity (Wildman–Crippen MR) is 64.4 cm³/mol. The van der Waals surface area contributed by atoms with E-state index in [9.17, 15) is 4.79 Å². The molecule has 0 fully saturated rings. The standard InChI is InChI=1S/C11H13N3O2S/c1-2-4-9(15)12-7-10-13-14-11(16-10)8-5-3-6-17-8/h3,5-6H,2,4,7H2,1H3,(H,12,15). The Balaban J connectivity index is 1.93. The van der Waals surface area contributed by atoms with Crippen molar-refractivity contribution in [1.29, 1.82) is 0 Å². The molecule has 1 N–H and O–H groups in total. The van der Waals surface area contributed by atoms with Crippen molar-refractivity contribution in [2.75, 3.05) is 0 Å². The van der Waals surface area contributed by atoms with E-state index in [0.717, 1.165) is 11.3 Å². The zero-order valence-electron chi connectivity index (χ0n) is 9.47. The largest absolute Gasteiger partial charge is 0.418 e. The van der Waals surface area contributed by atoms with Crippen LogP contribution in [0.15, 0.2) is 21.9 Å². The van der Waals surface area contributed by atoms with Crippen molar-refractivity contribution in [3.05, 3.63) is 23.4 Å². The second-order valence-corrected chi connectivity index (χ2v) is 4.45. The molecule has 0 aliphatic heterocycles. The average molecular weight is 251 g/mol. The Labute approximate surface area is 103 Å². The van der Waals surface area contributed by atoms with Crippen molar-refractivity contribution in [3.8, 4) is 10.8 Å². The molecule has 0 aliphatic carbocycles. The Hall–Kier alpha value is -1.69. The summed E-state index contributed by atoms with van der Waals surface area (Å²) >= 11 is 1.54. The van der Waals surface area contributed by atoms with Gasteiger partial charge in [0.05, 0.1) is 11.4 Å². The number of carbonyl (C=O) groups is 1. The van der Waals surface area contributed by atoms with Gasteiger partial charge in [0.1, 0.15) is 0 Å². The number of hydrogen-bond donors (Lipinski definition) is 1. The fourth-order valence-electron chi connectivity index (χ4n) is 1.31. The Morgan fingerprint density at radius 1 is 1.53 bits per heavy atom. The Kier molecular flexibility index (Phi) is 3.87. The van der Waals surface area contributed by atoms with E-state index in [1.807, 2.05) is 24.4 Å². The molecule has 2 heterocycles. The lowest BCUT2D eigenvalue weighted by Gasteiger charge is -1.99. The molecule has 0 saturated heterocycles. The highest BCUT2D eigenvalue weighted by Crippen LogP contribution is 2.22. The van der Waals surface area contributed by atoms with Crippen LogP contribution >= 0.6 is 11.3 Å². The molecule has 0 atom stereocenters. The van der Waals surface area contributed by atoms with E-state index >= 15 is 0 Å². The maximum Gasteiger partial charge on any atom is 0.257 e. The van der Waals surface area contributed by atoms with E-state index in [2.05, 4.69) is 15.5 Å². The molecule has 90 valence electrons. The maximum atomic E-state index is 11.3. The lowest BCUT2D eigenvalue weighted by molar-refractivity contribution is -0.121. The highest BCUT2D eigenvalue weighted by molar-refractivity contribution is 7.13. The Morgan fingerprint density at radius 2 is 2.41 bits per heavy atom. The van der Waals surface area contributed by atoms with Gasteiger partial charge in [0.2, 0.25) is 11.8 Å². The van der Waals surface area contributed by atoms with Gasteiger partial charge < -0.3 is 9.73 Å². The molecule has 17 heavy (non-hydrogen) atoms. The highest BCUT2D eigenvalue weighted by atomic mass is 32.1. The average Bonchev–Trinajstić information content (AvgIpc) is 2.97. The molecule has 2 aromatic rings. The first-order valence-corrected chi connectivity index (χ1v) is 6.30. The van der Waals surface area contributed by atoms with Crippen LogP contribution in [0.3, 0.4) is 0 Å². The number of carbonyl (C=O) groups excluding carboxylic acids is 1. The van der Waals surface area contributed by atoms with Crippen LogP contribution in [0.5, 0.6) is 0 Å². The fourth-order valence-corrected chi connectivity index (χ4v) is 1.96. The topological polar surface area (TPSA) is 68.0 Å². The molecular formula is C11H13N3O2S. The smallest absolute Gasteiger partial charge is 0.257 e. The molecule has 2 rings (SSSR count). The summed E-state index contributed by atoms with van der Waals surface area (Å²) in [6.45, 7) is 2.25. The van der Waals surface area contributed by atoms with Crippen molar-refractivity contribution in [2.24, 2.45) is 0 Å². The van der Waals surface area contributed by atoms with Crippen LogP contribution in [0, 0.1) is 0 Å². The summed E-state index contributed by atoms with van der Waals surface area (Å²) in [6.07, 6.45) is 1.35. The Bertz CT molecular complexity index is 479. The highest BCUT2D eigenvalue weighted by Gasteiger charge is 2.09. The second-order valence-electron chi connectivity index (χ2n) is 3.50. The fraction of sp³-hybridized carbons (Fsp3) is 0.364. The van der Waals surface area contributed by atoms with E-state index < -0.39 is 0 Å². The number of nitrogens with one attached hydrogen (secondary N) is 1. The third-order valence-corrected chi connectivity index (χ3v) is 2.97. The monoisotopic (exact) mass is 251 g/mol. The van der Waals surface area contributed by atoms with Crippen molar-refractivity contribution in [1.82, 2.24) is 15.5 Å². The number of rotatable bonds is 5.